The van der Waals surface area contributed by atoms with Crippen LogP contribution in [0.4, 0.5) is 0 Å². The largest absolute Gasteiger partial charge is 0.466 e. The molecule has 0 bridgehead atoms. The van der Waals surface area contributed by atoms with Gasteiger partial charge in [-0.05, 0) is 57.5 Å². The van der Waals surface area contributed by atoms with Gasteiger partial charge in [0.15, 0.2) is 0 Å². The SMILES string of the molecule is CCOC(=O)[C@@H]1/C(=N\NS(=O)(=O)c2ccc(C)cc2)C[C@](C)(O)[C@H](C(=O)OCC)[C@@H]1c1ccc(Cl)cc1. The molecule has 1 fully saturated rings. The molecule has 0 spiro atoms. The fourth-order valence-corrected chi connectivity index (χ4v) is 5.55. The Morgan fingerprint density at radius 1 is 1.05 bits per heavy atom. The lowest BCUT2D eigenvalue weighted by molar-refractivity contribution is -0.163. The van der Waals surface area contributed by atoms with Crippen LogP contribution in [0.15, 0.2) is 58.5 Å². The van der Waals surface area contributed by atoms with Crippen molar-refractivity contribution in [2.24, 2.45) is 16.9 Å². The molecule has 11 heteroatoms. The average molecular weight is 551 g/mol. The van der Waals surface area contributed by atoms with E-state index in [0.717, 1.165) is 5.56 Å². The number of hydrogen-bond acceptors (Lipinski definition) is 8. The Labute approximate surface area is 221 Å². The Kier molecular flexibility index (Phi) is 8.99. The maximum absolute atomic E-state index is 13.3. The number of nitrogens with zero attached hydrogens (tertiary/aromatic N) is 1. The summed E-state index contributed by atoms with van der Waals surface area (Å²) < 4.78 is 36.4. The van der Waals surface area contributed by atoms with Crippen molar-refractivity contribution in [3.05, 3.63) is 64.7 Å². The Bertz CT molecular complexity index is 1260. The second-order valence-corrected chi connectivity index (χ2v) is 11.2. The molecule has 0 aliphatic heterocycles. The molecule has 1 aliphatic rings. The van der Waals surface area contributed by atoms with Gasteiger partial charge < -0.3 is 14.6 Å². The van der Waals surface area contributed by atoms with Crippen LogP contribution in [-0.2, 0) is 29.1 Å². The number of ether oxygens (including phenoxy) is 2. The van der Waals surface area contributed by atoms with E-state index in [1.54, 1.807) is 50.2 Å². The minimum Gasteiger partial charge on any atom is -0.466 e. The van der Waals surface area contributed by atoms with E-state index < -0.39 is 45.3 Å². The summed E-state index contributed by atoms with van der Waals surface area (Å²) in [6, 6.07) is 12.6. The third kappa shape index (κ3) is 6.49. The number of esters is 2. The molecule has 0 aromatic heterocycles. The first-order valence-corrected chi connectivity index (χ1v) is 13.7. The number of aliphatic hydroxyl groups is 1. The average Bonchev–Trinajstić information content (AvgIpc) is 2.83. The van der Waals surface area contributed by atoms with Crippen LogP contribution in [0.1, 0.15) is 44.2 Å². The van der Waals surface area contributed by atoms with Gasteiger partial charge in [0, 0.05) is 17.4 Å². The van der Waals surface area contributed by atoms with Crippen LogP contribution in [0.3, 0.4) is 0 Å². The minimum absolute atomic E-state index is 0.0173. The molecule has 1 aliphatic carbocycles. The first kappa shape index (κ1) is 28.6. The van der Waals surface area contributed by atoms with Crippen LogP contribution in [0.25, 0.3) is 0 Å². The number of benzene rings is 2. The summed E-state index contributed by atoms with van der Waals surface area (Å²) >= 11 is 6.07. The van der Waals surface area contributed by atoms with E-state index in [2.05, 4.69) is 9.93 Å². The molecule has 0 unspecified atom stereocenters. The molecule has 2 aromatic rings. The van der Waals surface area contributed by atoms with Crippen molar-refractivity contribution < 1.29 is 32.6 Å². The van der Waals surface area contributed by atoms with Crippen LogP contribution in [-0.4, -0.2) is 50.0 Å². The molecule has 2 N–H and O–H groups in total. The second kappa shape index (κ2) is 11.6. The molecule has 2 aromatic carbocycles. The number of sulfonamides is 1. The van der Waals surface area contributed by atoms with Crippen molar-refractivity contribution in [2.45, 2.75) is 50.5 Å². The first-order valence-electron chi connectivity index (χ1n) is 11.9. The van der Waals surface area contributed by atoms with Crippen LogP contribution < -0.4 is 4.83 Å². The number of rotatable bonds is 8. The Hall–Kier alpha value is -2.95. The number of halogens is 1. The maximum atomic E-state index is 13.3. The van der Waals surface area contributed by atoms with Crippen molar-refractivity contribution in [3.63, 3.8) is 0 Å². The second-order valence-electron chi connectivity index (χ2n) is 9.08. The van der Waals surface area contributed by atoms with E-state index in [1.165, 1.54) is 19.1 Å². The van der Waals surface area contributed by atoms with E-state index in [0.29, 0.717) is 10.6 Å². The number of nitrogens with one attached hydrogen (secondary N) is 1. The molecule has 0 heterocycles. The predicted molar refractivity (Wildman–Crippen MR) is 139 cm³/mol. The monoisotopic (exact) mass is 550 g/mol. The van der Waals surface area contributed by atoms with Gasteiger partial charge in [0.1, 0.15) is 5.92 Å². The van der Waals surface area contributed by atoms with Gasteiger partial charge in [0.25, 0.3) is 10.0 Å². The van der Waals surface area contributed by atoms with E-state index >= 15 is 0 Å². The van der Waals surface area contributed by atoms with Gasteiger partial charge >= 0.3 is 11.9 Å². The van der Waals surface area contributed by atoms with Crippen molar-refractivity contribution >= 4 is 39.3 Å². The summed E-state index contributed by atoms with van der Waals surface area (Å²) in [5, 5.41) is 16.0. The van der Waals surface area contributed by atoms with Crippen LogP contribution in [0, 0.1) is 18.8 Å². The molecule has 4 atom stereocenters. The molecular weight excluding hydrogens is 520 g/mol. The Morgan fingerprint density at radius 2 is 1.62 bits per heavy atom. The first-order chi connectivity index (χ1) is 17.4. The number of carbonyl (C=O) groups is 2. The van der Waals surface area contributed by atoms with Crippen LogP contribution in [0.2, 0.25) is 5.02 Å². The lowest BCUT2D eigenvalue weighted by Crippen LogP contribution is -2.55. The lowest BCUT2D eigenvalue weighted by Gasteiger charge is -2.45. The fourth-order valence-electron chi connectivity index (χ4n) is 4.59. The fraction of sp³-hybridized carbons (Fsp3) is 0.423. The molecule has 9 nitrogen and oxygen atoms in total. The van der Waals surface area contributed by atoms with Gasteiger partial charge in [0.05, 0.1) is 35.3 Å². The zero-order valence-corrected chi connectivity index (χ0v) is 22.7. The smallest absolute Gasteiger partial charge is 0.315 e. The highest BCUT2D eigenvalue weighted by atomic mass is 35.5. The topological polar surface area (TPSA) is 131 Å². The predicted octanol–water partition coefficient (Wildman–Crippen LogP) is 3.58. The van der Waals surface area contributed by atoms with Crippen LogP contribution >= 0.6 is 11.6 Å². The summed E-state index contributed by atoms with van der Waals surface area (Å²) in [5.41, 5.74) is -0.311. The van der Waals surface area contributed by atoms with Crippen molar-refractivity contribution in [1.82, 2.24) is 4.83 Å². The molecular formula is C26H31ClN2O7S. The van der Waals surface area contributed by atoms with Gasteiger partial charge in [-0.1, -0.05) is 41.4 Å². The van der Waals surface area contributed by atoms with Crippen LogP contribution in [0.5, 0.6) is 0 Å². The van der Waals surface area contributed by atoms with Crippen molar-refractivity contribution in [3.8, 4) is 0 Å². The van der Waals surface area contributed by atoms with E-state index in [1.807, 2.05) is 6.92 Å². The maximum Gasteiger partial charge on any atom is 0.315 e. The van der Waals surface area contributed by atoms with Gasteiger partial charge in [-0.15, -0.1) is 0 Å². The molecule has 0 saturated heterocycles. The van der Waals surface area contributed by atoms with Gasteiger partial charge in [-0.3, -0.25) is 9.59 Å². The van der Waals surface area contributed by atoms with Crippen molar-refractivity contribution in [1.29, 1.82) is 0 Å². The third-order valence-corrected chi connectivity index (χ3v) is 7.74. The number of hydrazone groups is 1. The molecule has 3 rings (SSSR count). The normalized spacial score (nSPS) is 24.9. The van der Waals surface area contributed by atoms with E-state index in [-0.39, 0.29) is 30.2 Å². The van der Waals surface area contributed by atoms with Crippen molar-refractivity contribution in [2.75, 3.05) is 13.2 Å². The highest BCUT2D eigenvalue weighted by Crippen LogP contribution is 2.47. The minimum atomic E-state index is -4.08. The van der Waals surface area contributed by atoms with E-state index in [4.69, 9.17) is 21.1 Å². The lowest BCUT2D eigenvalue weighted by atomic mass is 9.61. The third-order valence-electron chi connectivity index (χ3n) is 6.26. The zero-order valence-electron chi connectivity index (χ0n) is 21.1. The number of hydrogen-bond donors (Lipinski definition) is 2. The highest BCUT2D eigenvalue weighted by molar-refractivity contribution is 7.89. The molecule has 0 radical (unpaired) electrons. The molecule has 200 valence electrons. The summed E-state index contributed by atoms with van der Waals surface area (Å²) in [6.07, 6.45) is -0.277. The summed E-state index contributed by atoms with van der Waals surface area (Å²) in [5.74, 6) is -4.73. The van der Waals surface area contributed by atoms with Gasteiger partial charge in [-0.2, -0.15) is 13.5 Å². The molecule has 1 saturated carbocycles. The number of aryl methyl sites for hydroxylation is 1. The number of carbonyl (C=O) groups excluding carboxylic acids is 2. The quantitative estimate of drug-likeness (QED) is 0.379. The Balaban J connectivity index is 2.15. The molecule has 0 amide bonds. The summed E-state index contributed by atoms with van der Waals surface area (Å²) in [7, 11) is -4.08. The highest BCUT2D eigenvalue weighted by Gasteiger charge is 2.56. The van der Waals surface area contributed by atoms with E-state index in [9.17, 15) is 23.1 Å². The van der Waals surface area contributed by atoms with Gasteiger partial charge in [0.2, 0.25) is 0 Å². The standard InChI is InChI=1S/C26H31ClN2O7S/c1-5-35-24(30)22-20(28-29-37(33,34)19-13-7-16(3)8-14-19)15-26(4,32)23(25(31)36-6-2)21(22)17-9-11-18(27)12-10-17/h7-14,21-23,29,32H,5-6,15H2,1-4H3/b28-20-/t21-,22-,23+,26+/m1/s1. The molecule has 37 heavy (non-hydrogen) atoms. The summed E-state index contributed by atoms with van der Waals surface area (Å²) in [6.45, 7) is 6.65. The Morgan fingerprint density at radius 3 is 2.19 bits per heavy atom. The van der Waals surface area contributed by atoms with Gasteiger partial charge in [-0.25, -0.2) is 4.83 Å². The summed E-state index contributed by atoms with van der Waals surface area (Å²) in [4.78, 5) is 28.6. The zero-order chi connectivity index (χ0) is 27.4.